The first-order valence-electron chi connectivity index (χ1n) is 6.42. The zero-order valence-electron chi connectivity index (χ0n) is 9.71. The Labute approximate surface area is 92.4 Å². The molecule has 1 saturated carbocycles. The van der Waals surface area contributed by atoms with Crippen LogP contribution in [-0.4, -0.2) is 42.2 Å². The fraction of sp³-hybridized carbons (Fsp3) is 1.00. The smallest absolute Gasteiger partial charge is 0.0336 e. The first kappa shape index (κ1) is 10.1. The molecule has 3 nitrogen and oxygen atoms in total. The van der Waals surface area contributed by atoms with Crippen molar-refractivity contribution in [3.8, 4) is 0 Å². The Kier molecular flexibility index (Phi) is 2.31. The molecule has 3 fully saturated rings. The summed E-state index contributed by atoms with van der Waals surface area (Å²) in [6, 6.07) is 2.37. The molecular weight excluding hydrogens is 186 g/mol. The molecule has 3 aliphatic rings. The number of hydrogen-bond donors (Lipinski definition) is 2. The quantitative estimate of drug-likeness (QED) is 0.718. The van der Waals surface area contributed by atoms with Gasteiger partial charge in [-0.15, -0.1) is 0 Å². The zero-order chi connectivity index (χ0) is 10.5. The maximum Gasteiger partial charge on any atom is 0.0336 e. The van der Waals surface area contributed by atoms with Crippen molar-refractivity contribution in [2.75, 3.05) is 13.6 Å². The predicted molar refractivity (Wildman–Crippen MR) is 61.8 cm³/mol. The van der Waals surface area contributed by atoms with Gasteiger partial charge in [0, 0.05) is 30.2 Å². The summed E-state index contributed by atoms with van der Waals surface area (Å²) < 4.78 is 0. The fourth-order valence-electron chi connectivity index (χ4n) is 3.57. The topological polar surface area (TPSA) is 41.3 Å². The van der Waals surface area contributed by atoms with Crippen molar-refractivity contribution in [3.05, 3.63) is 0 Å². The average Bonchev–Trinajstić information content (AvgIpc) is 3.00. The van der Waals surface area contributed by atoms with Crippen LogP contribution in [0, 0.1) is 0 Å². The molecule has 2 heterocycles. The molecule has 2 saturated heterocycles. The van der Waals surface area contributed by atoms with Crippen LogP contribution in [0.1, 0.15) is 38.5 Å². The Morgan fingerprint density at radius 2 is 1.80 bits per heavy atom. The highest BCUT2D eigenvalue weighted by atomic mass is 15.2. The lowest BCUT2D eigenvalue weighted by molar-refractivity contribution is 0.0933. The summed E-state index contributed by atoms with van der Waals surface area (Å²) in [5, 5.41) is 3.83. The van der Waals surface area contributed by atoms with Crippen LogP contribution in [0.2, 0.25) is 0 Å². The molecule has 15 heavy (non-hydrogen) atoms. The number of piperidine rings is 1. The van der Waals surface area contributed by atoms with Crippen LogP contribution in [0.15, 0.2) is 0 Å². The molecule has 2 atom stereocenters. The summed E-state index contributed by atoms with van der Waals surface area (Å²) in [5.74, 6) is 0. The normalized spacial score (nSPS) is 46.0. The van der Waals surface area contributed by atoms with Gasteiger partial charge in [-0.25, -0.2) is 0 Å². The van der Waals surface area contributed by atoms with E-state index in [4.69, 9.17) is 5.73 Å². The first-order valence-corrected chi connectivity index (χ1v) is 6.42. The van der Waals surface area contributed by atoms with Crippen LogP contribution in [0.3, 0.4) is 0 Å². The number of nitrogens with zero attached hydrogens (tertiary/aromatic N) is 1. The van der Waals surface area contributed by atoms with E-state index in [0.717, 1.165) is 24.7 Å². The Balaban J connectivity index is 1.74. The van der Waals surface area contributed by atoms with Gasteiger partial charge in [0.25, 0.3) is 0 Å². The third kappa shape index (κ3) is 1.71. The highest BCUT2D eigenvalue weighted by molar-refractivity contribution is 5.07. The molecule has 2 aliphatic heterocycles. The summed E-state index contributed by atoms with van der Waals surface area (Å²) in [5.41, 5.74) is 6.31. The molecule has 86 valence electrons. The Morgan fingerprint density at radius 3 is 2.27 bits per heavy atom. The van der Waals surface area contributed by atoms with E-state index in [-0.39, 0.29) is 5.54 Å². The van der Waals surface area contributed by atoms with E-state index in [9.17, 15) is 0 Å². The lowest BCUT2D eigenvalue weighted by Crippen LogP contribution is -2.61. The van der Waals surface area contributed by atoms with E-state index in [0.29, 0.717) is 0 Å². The van der Waals surface area contributed by atoms with Crippen LogP contribution in [0.5, 0.6) is 0 Å². The maximum atomic E-state index is 6.03. The minimum Gasteiger partial charge on any atom is -0.329 e. The van der Waals surface area contributed by atoms with Gasteiger partial charge in [-0.1, -0.05) is 0 Å². The molecule has 0 amide bonds. The van der Waals surface area contributed by atoms with Crippen LogP contribution >= 0.6 is 0 Å². The Bertz CT molecular complexity index is 235. The standard InChI is InChI=1S/C12H23N3/c1-15-10-4-5-11(15)7-12(6-10,8-13)14-9-2-3-9/h9-11,14H,2-8,13H2,1H3. The van der Waals surface area contributed by atoms with E-state index in [1.54, 1.807) is 0 Å². The third-order valence-corrected chi connectivity index (χ3v) is 4.72. The summed E-state index contributed by atoms with van der Waals surface area (Å²) >= 11 is 0. The van der Waals surface area contributed by atoms with E-state index in [1.165, 1.54) is 38.5 Å². The van der Waals surface area contributed by atoms with Gasteiger partial charge in [-0.3, -0.25) is 0 Å². The molecule has 1 aliphatic carbocycles. The van der Waals surface area contributed by atoms with E-state index in [1.807, 2.05) is 0 Å². The monoisotopic (exact) mass is 209 g/mol. The lowest BCUT2D eigenvalue weighted by atomic mass is 9.83. The highest BCUT2D eigenvalue weighted by Crippen LogP contribution is 2.40. The van der Waals surface area contributed by atoms with Gasteiger partial charge in [0.2, 0.25) is 0 Å². The second-order valence-corrected chi connectivity index (χ2v) is 5.86. The average molecular weight is 209 g/mol. The summed E-state index contributed by atoms with van der Waals surface area (Å²) in [6.45, 7) is 0.824. The molecule has 0 aromatic heterocycles. The Morgan fingerprint density at radius 1 is 1.20 bits per heavy atom. The minimum absolute atomic E-state index is 0.277. The molecule has 0 spiro atoms. The van der Waals surface area contributed by atoms with Crippen LogP contribution in [0.25, 0.3) is 0 Å². The third-order valence-electron chi connectivity index (χ3n) is 4.72. The van der Waals surface area contributed by atoms with Crippen molar-refractivity contribution in [2.45, 2.75) is 62.2 Å². The second-order valence-electron chi connectivity index (χ2n) is 5.86. The molecule has 0 aromatic rings. The predicted octanol–water partition coefficient (Wildman–Crippen LogP) is 0.693. The van der Waals surface area contributed by atoms with Gasteiger partial charge in [0.15, 0.2) is 0 Å². The molecule has 2 unspecified atom stereocenters. The molecule has 0 aromatic carbocycles. The number of nitrogens with two attached hydrogens (primary N) is 1. The fourth-order valence-corrected chi connectivity index (χ4v) is 3.57. The molecule has 0 radical (unpaired) electrons. The van der Waals surface area contributed by atoms with Crippen molar-refractivity contribution < 1.29 is 0 Å². The maximum absolute atomic E-state index is 6.03. The SMILES string of the molecule is CN1C2CCC1CC(CN)(NC1CC1)C2. The molecule has 3 rings (SSSR count). The lowest BCUT2D eigenvalue weighted by Gasteiger charge is -2.45. The van der Waals surface area contributed by atoms with Gasteiger partial charge >= 0.3 is 0 Å². The largest absolute Gasteiger partial charge is 0.329 e. The minimum atomic E-state index is 0.277. The summed E-state index contributed by atoms with van der Waals surface area (Å²) in [6.07, 6.45) is 8.05. The summed E-state index contributed by atoms with van der Waals surface area (Å²) in [4.78, 5) is 2.59. The molecular formula is C12H23N3. The van der Waals surface area contributed by atoms with Crippen molar-refractivity contribution in [3.63, 3.8) is 0 Å². The van der Waals surface area contributed by atoms with Gasteiger partial charge in [-0.2, -0.15) is 0 Å². The van der Waals surface area contributed by atoms with E-state index in [2.05, 4.69) is 17.3 Å². The van der Waals surface area contributed by atoms with Gasteiger partial charge in [-0.05, 0) is 45.6 Å². The highest BCUT2D eigenvalue weighted by Gasteiger charge is 2.47. The molecule has 3 heteroatoms. The Hall–Kier alpha value is -0.120. The number of nitrogens with one attached hydrogen (secondary N) is 1. The van der Waals surface area contributed by atoms with E-state index < -0.39 is 0 Å². The van der Waals surface area contributed by atoms with Crippen LogP contribution < -0.4 is 11.1 Å². The molecule has 3 N–H and O–H groups in total. The number of hydrogen-bond acceptors (Lipinski definition) is 3. The van der Waals surface area contributed by atoms with Crippen molar-refractivity contribution in [2.24, 2.45) is 5.73 Å². The van der Waals surface area contributed by atoms with Gasteiger partial charge in [0.1, 0.15) is 0 Å². The van der Waals surface area contributed by atoms with Crippen molar-refractivity contribution in [1.82, 2.24) is 10.2 Å². The van der Waals surface area contributed by atoms with E-state index >= 15 is 0 Å². The van der Waals surface area contributed by atoms with Crippen molar-refractivity contribution >= 4 is 0 Å². The number of fused-ring (bicyclic) bond motifs is 2. The molecule has 2 bridgehead atoms. The van der Waals surface area contributed by atoms with Crippen molar-refractivity contribution in [1.29, 1.82) is 0 Å². The second kappa shape index (κ2) is 3.44. The summed E-state index contributed by atoms with van der Waals surface area (Å²) in [7, 11) is 2.29. The van der Waals surface area contributed by atoms with Gasteiger partial charge < -0.3 is 16.0 Å². The first-order chi connectivity index (χ1) is 7.22. The van der Waals surface area contributed by atoms with Crippen LogP contribution in [0.4, 0.5) is 0 Å². The zero-order valence-corrected chi connectivity index (χ0v) is 9.71. The number of rotatable bonds is 3. The van der Waals surface area contributed by atoms with Crippen LogP contribution in [-0.2, 0) is 0 Å². The van der Waals surface area contributed by atoms with Gasteiger partial charge in [0.05, 0.1) is 0 Å².